The van der Waals surface area contributed by atoms with Crippen LogP contribution in [-0.2, 0) is 0 Å². The summed E-state index contributed by atoms with van der Waals surface area (Å²) in [5, 5.41) is 6.55. The topological polar surface area (TPSA) is 123 Å². The molecule has 0 unspecified atom stereocenters. The summed E-state index contributed by atoms with van der Waals surface area (Å²) in [4.78, 5) is 23.2. The lowest BCUT2D eigenvalue weighted by atomic mass is 10.1. The highest BCUT2D eigenvalue weighted by Crippen LogP contribution is 2.04. The number of nitrogens with two attached hydrogens (primary N) is 1. The summed E-state index contributed by atoms with van der Waals surface area (Å²) >= 11 is 0. The number of amides is 2. The van der Waals surface area contributed by atoms with Crippen molar-refractivity contribution in [1.29, 1.82) is 0 Å². The normalized spacial score (nSPS) is 9.95. The maximum Gasteiger partial charge on any atom is 0.295 e. The molecule has 0 fully saturated rings. The second-order valence-corrected chi connectivity index (χ2v) is 3.77. The lowest BCUT2D eigenvalue weighted by molar-refractivity contribution is 0.0841. The number of carbonyl (C=O) groups is 2. The van der Waals surface area contributed by atoms with E-state index in [9.17, 15) is 9.59 Å². The highest BCUT2D eigenvalue weighted by atomic mass is 16.6. The quantitative estimate of drug-likeness (QED) is 0.655. The molecule has 8 nitrogen and oxygen atoms in total. The van der Waals surface area contributed by atoms with Gasteiger partial charge in [-0.15, -0.1) is 0 Å². The molecule has 0 aliphatic heterocycles. The largest absolute Gasteiger partial charge is 0.379 e. The number of benzene rings is 1. The number of aryl methyl sites for hydroxylation is 1. The van der Waals surface area contributed by atoms with Crippen LogP contribution in [0, 0.1) is 6.92 Å². The van der Waals surface area contributed by atoms with Crippen LogP contribution < -0.4 is 16.6 Å². The minimum absolute atomic E-state index is 0.151. The number of aromatic nitrogens is 2. The van der Waals surface area contributed by atoms with Crippen LogP contribution in [0.4, 0.5) is 5.82 Å². The van der Waals surface area contributed by atoms with Crippen molar-refractivity contribution in [3.05, 3.63) is 41.1 Å². The minimum atomic E-state index is -0.709. The number of nitrogen functional groups attached to an aromatic ring is 1. The van der Waals surface area contributed by atoms with Gasteiger partial charge >= 0.3 is 0 Å². The van der Waals surface area contributed by atoms with Gasteiger partial charge in [0.1, 0.15) is 0 Å². The molecule has 4 N–H and O–H groups in total. The smallest absolute Gasteiger partial charge is 0.295 e. The molecule has 0 saturated carbocycles. The summed E-state index contributed by atoms with van der Waals surface area (Å²) in [5.41, 5.74) is 11.0. The van der Waals surface area contributed by atoms with Crippen molar-refractivity contribution >= 4 is 17.6 Å². The first-order chi connectivity index (χ1) is 9.08. The summed E-state index contributed by atoms with van der Waals surface area (Å²) in [6, 6.07) is 6.86. The van der Waals surface area contributed by atoms with E-state index in [0.717, 1.165) is 5.56 Å². The van der Waals surface area contributed by atoms with Gasteiger partial charge in [-0.25, -0.2) is 4.63 Å². The van der Waals surface area contributed by atoms with Crippen molar-refractivity contribution in [1.82, 2.24) is 21.2 Å². The van der Waals surface area contributed by atoms with E-state index in [-0.39, 0.29) is 11.5 Å². The molecule has 1 aromatic heterocycles. The Morgan fingerprint density at radius 1 is 1.11 bits per heavy atom. The van der Waals surface area contributed by atoms with Gasteiger partial charge in [0, 0.05) is 5.56 Å². The predicted molar refractivity (Wildman–Crippen MR) is 64.8 cm³/mol. The Labute approximate surface area is 107 Å². The zero-order valence-corrected chi connectivity index (χ0v) is 10.0. The van der Waals surface area contributed by atoms with E-state index in [0.29, 0.717) is 5.56 Å². The number of hydrogen-bond donors (Lipinski definition) is 3. The first-order valence-corrected chi connectivity index (χ1v) is 5.33. The van der Waals surface area contributed by atoms with Gasteiger partial charge < -0.3 is 5.73 Å². The number of nitrogens with one attached hydrogen (secondary N) is 2. The molecule has 0 bridgehead atoms. The first kappa shape index (κ1) is 12.6. The highest BCUT2D eigenvalue weighted by Gasteiger charge is 2.16. The third-order valence-corrected chi connectivity index (χ3v) is 2.33. The van der Waals surface area contributed by atoms with Crippen LogP contribution in [0.3, 0.4) is 0 Å². The fraction of sp³-hybridized carbons (Fsp3) is 0.0909. The highest BCUT2D eigenvalue weighted by molar-refractivity contribution is 5.99. The molecule has 8 heteroatoms. The van der Waals surface area contributed by atoms with Gasteiger partial charge in [-0.1, -0.05) is 17.7 Å². The number of hydrazine groups is 1. The average Bonchev–Trinajstić information content (AvgIpc) is 2.83. The van der Waals surface area contributed by atoms with Crippen LogP contribution in [0.1, 0.15) is 26.4 Å². The Bertz CT molecular complexity index is 605. The van der Waals surface area contributed by atoms with E-state index >= 15 is 0 Å². The molecule has 0 aliphatic rings. The SMILES string of the molecule is Cc1ccc(C(=O)NNC(=O)c2nonc2N)cc1. The maximum atomic E-state index is 11.7. The number of nitrogens with zero attached hydrogens (tertiary/aromatic N) is 2. The predicted octanol–water partition coefficient (Wildman–Crippen LogP) is 0.0350. The van der Waals surface area contributed by atoms with Crippen LogP contribution in [0.25, 0.3) is 0 Å². The number of rotatable bonds is 2. The van der Waals surface area contributed by atoms with Gasteiger partial charge in [0.05, 0.1) is 0 Å². The Balaban J connectivity index is 1.96. The number of hydrogen-bond acceptors (Lipinski definition) is 6. The molecule has 0 spiro atoms. The fourth-order valence-corrected chi connectivity index (χ4v) is 1.30. The summed E-state index contributed by atoms with van der Waals surface area (Å²) in [6.45, 7) is 1.91. The third-order valence-electron chi connectivity index (χ3n) is 2.33. The van der Waals surface area contributed by atoms with Gasteiger partial charge in [0.2, 0.25) is 11.5 Å². The molecule has 2 rings (SSSR count). The van der Waals surface area contributed by atoms with Crippen molar-refractivity contribution in [2.24, 2.45) is 0 Å². The molecular formula is C11H11N5O3. The fourth-order valence-electron chi connectivity index (χ4n) is 1.30. The molecule has 19 heavy (non-hydrogen) atoms. The summed E-state index contributed by atoms with van der Waals surface area (Å²) in [6.07, 6.45) is 0. The van der Waals surface area contributed by atoms with Crippen molar-refractivity contribution in [3.63, 3.8) is 0 Å². The molecule has 2 amide bonds. The molecule has 0 aliphatic carbocycles. The molecule has 0 radical (unpaired) electrons. The van der Waals surface area contributed by atoms with E-state index in [2.05, 4.69) is 25.8 Å². The average molecular weight is 261 g/mol. The molecule has 1 aromatic carbocycles. The molecule has 0 atom stereocenters. The second-order valence-electron chi connectivity index (χ2n) is 3.77. The Kier molecular flexibility index (Phi) is 3.42. The van der Waals surface area contributed by atoms with Gasteiger partial charge in [-0.3, -0.25) is 20.4 Å². The summed E-state index contributed by atoms with van der Waals surface area (Å²) in [5.74, 6) is -1.32. The number of carbonyl (C=O) groups excluding carboxylic acids is 2. The Hall–Kier alpha value is -2.90. The lowest BCUT2D eigenvalue weighted by Gasteiger charge is -2.05. The van der Waals surface area contributed by atoms with E-state index < -0.39 is 11.8 Å². The molecule has 2 aromatic rings. The van der Waals surface area contributed by atoms with Gasteiger partial charge in [-0.05, 0) is 29.4 Å². The standard InChI is InChI=1S/C11H11N5O3/c1-6-2-4-7(5-3-6)10(17)13-14-11(18)8-9(12)16-19-15-8/h2-5H,1H3,(H2,12,16)(H,13,17)(H,14,18). The Morgan fingerprint density at radius 2 is 1.74 bits per heavy atom. The van der Waals surface area contributed by atoms with Crippen molar-refractivity contribution in [2.75, 3.05) is 5.73 Å². The van der Waals surface area contributed by atoms with Gasteiger partial charge in [0.25, 0.3) is 11.8 Å². The molecule has 0 saturated heterocycles. The zero-order chi connectivity index (χ0) is 13.8. The van der Waals surface area contributed by atoms with Crippen LogP contribution >= 0.6 is 0 Å². The van der Waals surface area contributed by atoms with Crippen LogP contribution in [0.15, 0.2) is 28.9 Å². The van der Waals surface area contributed by atoms with E-state index in [4.69, 9.17) is 5.73 Å². The third kappa shape index (κ3) is 2.86. The molecule has 1 heterocycles. The molecule has 98 valence electrons. The van der Waals surface area contributed by atoms with Crippen molar-refractivity contribution in [2.45, 2.75) is 6.92 Å². The van der Waals surface area contributed by atoms with Gasteiger partial charge in [0.15, 0.2) is 0 Å². The molecular weight excluding hydrogens is 250 g/mol. The van der Waals surface area contributed by atoms with Crippen LogP contribution in [-0.4, -0.2) is 22.1 Å². The Morgan fingerprint density at radius 3 is 2.32 bits per heavy atom. The summed E-state index contributed by atoms with van der Waals surface area (Å²) < 4.78 is 4.27. The maximum absolute atomic E-state index is 11.7. The van der Waals surface area contributed by atoms with Gasteiger partial charge in [-0.2, -0.15) is 0 Å². The second kappa shape index (κ2) is 5.17. The monoisotopic (exact) mass is 261 g/mol. The summed E-state index contributed by atoms with van der Waals surface area (Å²) in [7, 11) is 0. The first-order valence-electron chi connectivity index (χ1n) is 5.33. The van der Waals surface area contributed by atoms with Crippen LogP contribution in [0.2, 0.25) is 0 Å². The van der Waals surface area contributed by atoms with E-state index in [1.807, 2.05) is 6.92 Å². The van der Waals surface area contributed by atoms with E-state index in [1.165, 1.54) is 0 Å². The lowest BCUT2D eigenvalue weighted by Crippen LogP contribution is -2.42. The zero-order valence-electron chi connectivity index (χ0n) is 10.0. The number of anilines is 1. The van der Waals surface area contributed by atoms with E-state index in [1.54, 1.807) is 24.3 Å². The minimum Gasteiger partial charge on any atom is -0.379 e. The van der Waals surface area contributed by atoms with Crippen molar-refractivity contribution in [3.8, 4) is 0 Å². The van der Waals surface area contributed by atoms with Crippen LogP contribution in [0.5, 0.6) is 0 Å². The van der Waals surface area contributed by atoms with Crippen molar-refractivity contribution < 1.29 is 14.2 Å².